The second kappa shape index (κ2) is 6.19. The number of hydrogen-bond donors (Lipinski definition) is 2. The SMILES string of the molecule is COCC1(C(=O)Nc2ccc3c4c(cccc24)CC3)CCNCC1. The van der Waals surface area contributed by atoms with Crippen LogP contribution in [0.5, 0.6) is 0 Å². The molecule has 1 heterocycles. The standard InChI is InChI=1S/C20H24N2O2/c1-24-13-20(9-11-21-12-10-20)19(23)22-17-8-7-15-6-5-14-3-2-4-16(17)18(14)15/h2-4,7-8,21H,5-6,9-13H2,1H3,(H,22,23). The molecule has 1 saturated heterocycles. The topological polar surface area (TPSA) is 50.4 Å². The molecule has 2 aromatic carbocycles. The van der Waals surface area contributed by atoms with Crippen LogP contribution >= 0.6 is 0 Å². The number of anilines is 1. The van der Waals surface area contributed by atoms with Gasteiger partial charge >= 0.3 is 0 Å². The van der Waals surface area contributed by atoms with Gasteiger partial charge in [0.1, 0.15) is 0 Å². The zero-order valence-electron chi connectivity index (χ0n) is 14.2. The molecule has 1 aliphatic carbocycles. The fraction of sp³-hybridized carbons (Fsp3) is 0.450. The van der Waals surface area contributed by atoms with Crippen LogP contribution in [-0.2, 0) is 22.4 Å². The Balaban J connectivity index is 1.68. The van der Waals surface area contributed by atoms with Crippen molar-refractivity contribution in [3.63, 3.8) is 0 Å². The van der Waals surface area contributed by atoms with Gasteiger partial charge in [-0.15, -0.1) is 0 Å². The summed E-state index contributed by atoms with van der Waals surface area (Å²) in [6.07, 6.45) is 3.83. The number of methoxy groups -OCH3 is 1. The first-order valence-corrected chi connectivity index (χ1v) is 8.78. The molecule has 0 saturated carbocycles. The van der Waals surface area contributed by atoms with Gasteiger partial charge in [0.05, 0.1) is 12.0 Å². The van der Waals surface area contributed by atoms with Crippen molar-refractivity contribution in [3.8, 4) is 0 Å². The molecule has 1 aliphatic heterocycles. The Hall–Kier alpha value is -1.91. The molecular weight excluding hydrogens is 300 g/mol. The van der Waals surface area contributed by atoms with Gasteiger partial charge in [0, 0.05) is 18.2 Å². The Kier molecular flexibility index (Phi) is 4.02. The van der Waals surface area contributed by atoms with Crippen LogP contribution < -0.4 is 10.6 Å². The monoisotopic (exact) mass is 324 g/mol. The van der Waals surface area contributed by atoms with Crippen LogP contribution in [-0.4, -0.2) is 32.7 Å². The van der Waals surface area contributed by atoms with Crippen molar-refractivity contribution in [1.82, 2.24) is 5.32 Å². The van der Waals surface area contributed by atoms with E-state index in [1.165, 1.54) is 16.5 Å². The zero-order chi connectivity index (χ0) is 16.6. The summed E-state index contributed by atoms with van der Waals surface area (Å²) in [5.74, 6) is 0.0875. The molecule has 126 valence electrons. The van der Waals surface area contributed by atoms with E-state index in [2.05, 4.69) is 41.0 Å². The molecule has 0 atom stereocenters. The summed E-state index contributed by atoms with van der Waals surface area (Å²) in [6, 6.07) is 10.6. The number of rotatable bonds is 4. The van der Waals surface area contributed by atoms with Gasteiger partial charge in [-0.3, -0.25) is 4.79 Å². The van der Waals surface area contributed by atoms with Gasteiger partial charge in [0.2, 0.25) is 5.91 Å². The van der Waals surface area contributed by atoms with Crippen molar-refractivity contribution in [3.05, 3.63) is 41.5 Å². The number of ether oxygens (including phenoxy) is 1. The fourth-order valence-electron chi connectivity index (χ4n) is 4.23. The average molecular weight is 324 g/mol. The van der Waals surface area contributed by atoms with E-state index in [1.54, 1.807) is 7.11 Å². The molecule has 1 fully saturated rings. The predicted octanol–water partition coefficient (Wildman–Crippen LogP) is 2.89. The van der Waals surface area contributed by atoms with Gasteiger partial charge in [-0.1, -0.05) is 24.3 Å². The molecule has 0 unspecified atom stereocenters. The van der Waals surface area contributed by atoms with Crippen LogP contribution in [0.25, 0.3) is 10.8 Å². The van der Waals surface area contributed by atoms with Gasteiger partial charge < -0.3 is 15.4 Å². The minimum Gasteiger partial charge on any atom is -0.384 e. The molecule has 0 bridgehead atoms. The highest BCUT2D eigenvalue weighted by Crippen LogP contribution is 2.37. The highest BCUT2D eigenvalue weighted by atomic mass is 16.5. The normalized spacial score (nSPS) is 18.7. The van der Waals surface area contributed by atoms with Crippen molar-refractivity contribution < 1.29 is 9.53 Å². The maximum Gasteiger partial charge on any atom is 0.233 e. The summed E-state index contributed by atoms with van der Waals surface area (Å²) in [4.78, 5) is 13.1. The lowest BCUT2D eigenvalue weighted by molar-refractivity contribution is -0.130. The molecule has 24 heavy (non-hydrogen) atoms. The van der Waals surface area contributed by atoms with Crippen molar-refractivity contribution in [2.24, 2.45) is 5.41 Å². The first-order chi connectivity index (χ1) is 11.7. The highest BCUT2D eigenvalue weighted by molar-refractivity contribution is 6.06. The fourth-order valence-corrected chi connectivity index (χ4v) is 4.23. The van der Waals surface area contributed by atoms with E-state index in [9.17, 15) is 4.79 Å². The Bertz CT molecular complexity index is 763. The third-order valence-corrected chi connectivity index (χ3v) is 5.59. The highest BCUT2D eigenvalue weighted by Gasteiger charge is 2.39. The number of nitrogens with one attached hydrogen (secondary N) is 2. The Morgan fingerprint density at radius 3 is 2.67 bits per heavy atom. The number of amides is 1. The van der Waals surface area contributed by atoms with E-state index in [4.69, 9.17) is 4.74 Å². The van der Waals surface area contributed by atoms with Crippen LogP contribution in [0.15, 0.2) is 30.3 Å². The van der Waals surface area contributed by atoms with Crippen molar-refractivity contribution >= 4 is 22.4 Å². The van der Waals surface area contributed by atoms with E-state index in [-0.39, 0.29) is 5.91 Å². The number of carbonyl (C=O) groups is 1. The summed E-state index contributed by atoms with van der Waals surface area (Å²) >= 11 is 0. The molecule has 2 aliphatic rings. The molecule has 4 heteroatoms. The van der Waals surface area contributed by atoms with Crippen LogP contribution in [0.2, 0.25) is 0 Å². The summed E-state index contributed by atoms with van der Waals surface area (Å²) < 4.78 is 5.39. The molecule has 4 nitrogen and oxygen atoms in total. The lowest BCUT2D eigenvalue weighted by Crippen LogP contribution is -2.47. The van der Waals surface area contributed by atoms with Gasteiger partial charge in [-0.05, 0) is 61.4 Å². The lowest BCUT2D eigenvalue weighted by Gasteiger charge is -2.35. The average Bonchev–Trinajstić information content (AvgIpc) is 3.03. The molecule has 2 aromatic rings. The Morgan fingerprint density at radius 2 is 1.92 bits per heavy atom. The summed E-state index contributed by atoms with van der Waals surface area (Å²) in [6.45, 7) is 2.20. The summed E-state index contributed by atoms with van der Waals surface area (Å²) in [7, 11) is 1.68. The third kappa shape index (κ3) is 2.50. The number of aryl methyl sites for hydroxylation is 2. The van der Waals surface area contributed by atoms with Crippen molar-refractivity contribution in [2.75, 3.05) is 32.1 Å². The maximum absolute atomic E-state index is 13.1. The van der Waals surface area contributed by atoms with Crippen molar-refractivity contribution in [2.45, 2.75) is 25.7 Å². The van der Waals surface area contributed by atoms with E-state index in [0.29, 0.717) is 6.61 Å². The van der Waals surface area contributed by atoms with Crippen LogP contribution in [0, 0.1) is 5.41 Å². The predicted molar refractivity (Wildman–Crippen MR) is 96.4 cm³/mol. The minimum absolute atomic E-state index is 0.0875. The first kappa shape index (κ1) is 15.6. The van der Waals surface area contributed by atoms with Crippen LogP contribution in [0.3, 0.4) is 0 Å². The van der Waals surface area contributed by atoms with Crippen LogP contribution in [0.1, 0.15) is 24.0 Å². The van der Waals surface area contributed by atoms with Gasteiger partial charge in [0.15, 0.2) is 0 Å². The number of carbonyl (C=O) groups excluding carboxylic acids is 1. The van der Waals surface area contributed by atoms with E-state index in [0.717, 1.165) is 49.8 Å². The number of hydrogen-bond acceptors (Lipinski definition) is 3. The molecule has 4 rings (SSSR count). The minimum atomic E-state index is -0.428. The molecule has 0 radical (unpaired) electrons. The molecule has 0 aromatic heterocycles. The summed E-state index contributed by atoms with van der Waals surface area (Å²) in [5, 5.41) is 9.05. The van der Waals surface area contributed by atoms with Crippen LogP contribution in [0.4, 0.5) is 5.69 Å². The molecular formula is C20H24N2O2. The van der Waals surface area contributed by atoms with E-state index < -0.39 is 5.41 Å². The van der Waals surface area contributed by atoms with E-state index >= 15 is 0 Å². The van der Waals surface area contributed by atoms with Gasteiger partial charge in [0.25, 0.3) is 0 Å². The molecule has 0 spiro atoms. The smallest absolute Gasteiger partial charge is 0.233 e. The Labute approximate surface area is 142 Å². The van der Waals surface area contributed by atoms with Gasteiger partial charge in [-0.25, -0.2) is 0 Å². The van der Waals surface area contributed by atoms with Gasteiger partial charge in [-0.2, -0.15) is 0 Å². The number of benzene rings is 2. The second-order valence-corrected chi connectivity index (χ2v) is 7.03. The van der Waals surface area contributed by atoms with Crippen molar-refractivity contribution in [1.29, 1.82) is 0 Å². The second-order valence-electron chi connectivity index (χ2n) is 7.03. The zero-order valence-corrected chi connectivity index (χ0v) is 14.2. The largest absolute Gasteiger partial charge is 0.384 e. The quantitative estimate of drug-likeness (QED) is 0.909. The summed E-state index contributed by atoms with van der Waals surface area (Å²) in [5.41, 5.74) is 3.29. The number of piperidine rings is 1. The Morgan fingerprint density at radius 1 is 1.17 bits per heavy atom. The maximum atomic E-state index is 13.1. The molecule has 1 amide bonds. The third-order valence-electron chi connectivity index (χ3n) is 5.59. The lowest BCUT2D eigenvalue weighted by atomic mass is 9.78. The van der Waals surface area contributed by atoms with E-state index in [1.807, 2.05) is 0 Å². The first-order valence-electron chi connectivity index (χ1n) is 8.78. The molecule has 2 N–H and O–H groups in total.